The Kier molecular flexibility index (Phi) is 6.08. The van der Waals surface area contributed by atoms with E-state index in [1.165, 1.54) is 29.2 Å². The van der Waals surface area contributed by atoms with Gasteiger partial charge in [-0.2, -0.15) is 0 Å². The average Bonchev–Trinajstić information content (AvgIpc) is 3.66. The third-order valence-corrected chi connectivity index (χ3v) is 6.97. The molecular weight excluding hydrogens is 437 g/mol. The van der Waals surface area contributed by atoms with Crippen LogP contribution in [0.2, 0.25) is 0 Å². The summed E-state index contributed by atoms with van der Waals surface area (Å²) in [5.74, 6) is -0.812. The average molecular weight is 466 g/mol. The van der Waals surface area contributed by atoms with Gasteiger partial charge in [0.25, 0.3) is 5.91 Å². The predicted octanol–water partition coefficient (Wildman–Crippen LogP) is 2.71. The maximum Gasteiger partial charge on any atom is 0.256 e. The molecule has 1 N–H and O–H groups in total. The molecule has 178 valence electrons. The maximum absolute atomic E-state index is 13.6. The van der Waals surface area contributed by atoms with E-state index in [0.29, 0.717) is 38.0 Å². The first-order valence-corrected chi connectivity index (χ1v) is 11.8. The lowest BCUT2D eigenvalue weighted by molar-refractivity contribution is -0.144. The molecule has 5 rings (SSSR count). The molecule has 0 radical (unpaired) electrons. The van der Waals surface area contributed by atoms with Crippen molar-refractivity contribution < 1.29 is 23.5 Å². The zero-order valence-electron chi connectivity index (χ0n) is 18.9. The quantitative estimate of drug-likeness (QED) is 0.737. The van der Waals surface area contributed by atoms with Crippen LogP contribution in [0.15, 0.2) is 54.6 Å². The summed E-state index contributed by atoms with van der Waals surface area (Å²) in [5, 5.41) is 2.92. The number of likely N-dealkylation sites (tertiary alicyclic amines) is 1. The van der Waals surface area contributed by atoms with E-state index in [-0.39, 0.29) is 30.2 Å². The van der Waals surface area contributed by atoms with Gasteiger partial charge in [0, 0.05) is 44.0 Å². The minimum Gasteiger partial charge on any atom is -0.353 e. The van der Waals surface area contributed by atoms with Gasteiger partial charge in [0.2, 0.25) is 11.8 Å². The second-order valence-electron chi connectivity index (χ2n) is 9.26. The van der Waals surface area contributed by atoms with E-state index in [2.05, 4.69) is 5.32 Å². The van der Waals surface area contributed by atoms with E-state index in [1.54, 1.807) is 0 Å². The van der Waals surface area contributed by atoms with Crippen molar-refractivity contribution in [2.75, 3.05) is 19.7 Å². The zero-order chi connectivity index (χ0) is 23.7. The molecule has 2 aliphatic heterocycles. The number of ether oxygens (including phenoxy) is 1. The van der Waals surface area contributed by atoms with Gasteiger partial charge < -0.3 is 15.0 Å². The summed E-state index contributed by atoms with van der Waals surface area (Å²) in [6, 6.07) is 14.0. The Hall–Kier alpha value is -3.26. The Morgan fingerprint density at radius 1 is 1.00 bits per heavy atom. The molecule has 7 nitrogen and oxygen atoms in total. The molecule has 8 heteroatoms. The summed E-state index contributed by atoms with van der Waals surface area (Å²) >= 11 is 0. The number of hydrogen-bond acceptors (Lipinski definition) is 4. The maximum atomic E-state index is 13.6. The molecular formula is C26H28FN3O4. The van der Waals surface area contributed by atoms with E-state index in [0.717, 1.165) is 18.4 Å². The van der Waals surface area contributed by atoms with E-state index < -0.39 is 17.6 Å². The van der Waals surface area contributed by atoms with E-state index in [9.17, 15) is 18.8 Å². The van der Waals surface area contributed by atoms with Crippen LogP contribution in [0.1, 0.15) is 41.6 Å². The van der Waals surface area contributed by atoms with E-state index >= 15 is 0 Å². The summed E-state index contributed by atoms with van der Waals surface area (Å²) in [7, 11) is 0. The lowest BCUT2D eigenvalue weighted by atomic mass is 9.96. The van der Waals surface area contributed by atoms with Crippen LogP contribution in [0, 0.1) is 11.7 Å². The highest BCUT2D eigenvalue weighted by Crippen LogP contribution is 2.40. The Labute approximate surface area is 197 Å². The number of nitrogens with zero attached hydrogens (tertiary/aromatic N) is 2. The molecule has 2 aromatic carbocycles. The third kappa shape index (κ3) is 4.42. The topological polar surface area (TPSA) is 79.0 Å². The molecule has 2 saturated heterocycles. The molecule has 1 saturated carbocycles. The Balaban J connectivity index is 1.36. The molecule has 2 aromatic rings. The smallest absolute Gasteiger partial charge is 0.256 e. The molecule has 0 bridgehead atoms. The highest BCUT2D eigenvalue weighted by Gasteiger charge is 2.54. The molecule has 3 aliphatic rings. The number of benzene rings is 2. The van der Waals surface area contributed by atoms with Gasteiger partial charge in [-0.1, -0.05) is 30.3 Å². The highest BCUT2D eigenvalue weighted by molar-refractivity contribution is 5.98. The van der Waals surface area contributed by atoms with Gasteiger partial charge in [0.1, 0.15) is 17.6 Å². The van der Waals surface area contributed by atoms with Gasteiger partial charge in [-0.05, 0) is 42.7 Å². The van der Waals surface area contributed by atoms with Gasteiger partial charge in [-0.3, -0.25) is 19.3 Å². The highest BCUT2D eigenvalue weighted by atomic mass is 19.1. The summed E-state index contributed by atoms with van der Waals surface area (Å²) in [6.07, 6.45) is 2.74. The molecule has 3 fully saturated rings. The molecule has 1 atom stereocenters. The number of nitrogens with one attached hydrogen (secondary N) is 1. The number of hydrogen-bond donors (Lipinski definition) is 1. The lowest BCUT2D eigenvalue weighted by Crippen LogP contribution is -2.59. The van der Waals surface area contributed by atoms with Crippen LogP contribution in [0.25, 0.3) is 0 Å². The number of amides is 3. The van der Waals surface area contributed by atoms with Crippen LogP contribution in [0.3, 0.4) is 0 Å². The Morgan fingerprint density at radius 3 is 2.32 bits per heavy atom. The summed E-state index contributed by atoms with van der Waals surface area (Å²) in [6.45, 7) is 1.36. The standard InChI is InChI=1S/C26H28FN3O4/c27-21-10-8-20(9-11-21)25(33)30-22(23(31)28-16-18-4-2-1-3-5-18)17-34-26(30)12-14-29(15-13-26)24(32)19-6-7-19/h1-5,8-11,19,22H,6-7,12-17H2,(H,28,31)/t22-/m0/s1. The van der Waals surface area contributed by atoms with Gasteiger partial charge in [0.15, 0.2) is 0 Å². The fourth-order valence-corrected chi connectivity index (χ4v) is 4.87. The number of piperidine rings is 1. The summed E-state index contributed by atoms with van der Waals surface area (Å²) in [5.41, 5.74) is 0.275. The Morgan fingerprint density at radius 2 is 1.68 bits per heavy atom. The summed E-state index contributed by atoms with van der Waals surface area (Å²) < 4.78 is 19.7. The van der Waals surface area contributed by atoms with Gasteiger partial charge in [-0.15, -0.1) is 0 Å². The van der Waals surface area contributed by atoms with Crippen LogP contribution in [0.4, 0.5) is 4.39 Å². The van der Waals surface area contributed by atoms with E-state index in [1.807, 2.05) is 35.2 Å². The summed E-state index contributed by atoms with van der Waals surface area (Å²) in [4.78, 5) is 42.7. The van der Waals surface area contributed by atoms with Crippen molar-refractivity contribution in [2.45, 2.75) is 44.0 Å². The van der Waals surface area contributed by atoms with Crippen LogP contribution < -0.4 is 5.32 Å². The van der Waals surface area contributed by atoms with Crippen LogP contribution >= 0.6 is 0 Å². The number of halogens is 1. The van der Waals surface area contributed by atoms with Crippen molar-refractivity contribution in [2.24, 2.45) is 5.92 Å². The molecule has 3 amide bonds. The van der Waals surface area contributed by atoms with Crippen molar-refractivity contribution in [1.29, 1.82) is 0 Å². The van der Waals surface area contributed by atoms with Crippen molar-refractivity contribution >= 4 is 17.7 Å². The van der Waals surface area contributed by atoms with Crippen molar-refractivity contribution in [3.05, 3.63) is 71.5 Å². The molecule has 1 spiro atoms. The Bertz CT molecular complexity index is 1060. The SMILES string of the molecule is O=C(NCc1ccccc1)[C@@H]1COC2(CCN(C(=O)C3CC3)CC2)N1C(=O)c1ccc(F)cc1. The predicted molar refractivity (Wildman–Crippen MR) is 122 cm³/mol. The second-order valence-corrected chi connectivity index (χ2v) is 9.26. The normalized spacial score (nSPS) is 21.5. The largest absolute Gasteiger partial charge is 0.353 e. The molecule has 0 unspecified atom stereocenters. The van der Waals surface area contributed by atoms with Crippen molar-refractivity contribution in [1.82, 2.24) is 15.1 Å². The van der Waals surface area contributed by atoms with Crippen LogP contribution in [-0.2, 0) is 20.9 Å². The second kappa shape index (κ2) is 9.18. The first-order chi connectivity index (χ1) is 16.5. The van der Waals surface area contributed by atoms with Gasteiger partial charge >= 0.3 is 0 Å². The number of carbonyl (C=O) groups is 3. The molecule has 2 heterocycles. The van der Waals surface area contributed by atoms with Gasteiger partial charge in [-0.25, -0.2) is 4.39 Å². The molecule has 0 aromatic heterocycles. The van der Waals surface area contributed by atoms with Gasteiger partial charge in [0.05, 0.1) is 6.61 Å². The van der Waals surface area contributed by atoms with E-state index in [4.69, 9.17) is 4.74 Å². The van der Waals surface area contributed by atoms with Crippen LogP contribution in [0.5, 0.6) is 0 Å². The number of carbonyl (C=O) groups excluding carboxylic acids is 3. The fourth-order valence-electron chi connectivity index (χ4n) is 4.87. The minimum atomic E-state index is -0.972. The van der Waals surface area contributed by atoms with Crippen LogP contribution in [-0.4, -0.2) is 59.0 Å². The minimum absolute atomic E-state index is 0.0735. The first kappa shape index (κ1) is 22.5. The zero-order valence-corrected chi connectivity index (χ0v) is 18.9. The third-order valence-electron chi connectivity index (χ3n) is 6.97. The fraction of sp³-hybridized carbons (Fsp3) is 0.423. The van der Waals surface area contributed by atoms with Crippen molar-refractivity contribution in [3.8, 4) is 0 Å². The first-order valence-electron chi connectivity index (χ1n) is 11.8. The van der Waals surface area contributed by atoms with Crippen molar-refractivity contribution in [3.63, 3.8) is 0 Å². The monoisotopic (exact) mass is 465 g/mol. The lowest BCUT2D eigenvalue weighted by Gasteiger charge is -2.44. The number of rotatable bonds is 5. The molecule has 1 aliphatic carbocycles. The molecule has 34 heavy (non-hydrogen) atoms.